The van der Waals surface area contributed by atoms with Gasteiger partial charge in [0.2, 0.25) is 10.0 Å². The van der Waals surface area contributed by atoms with Gasteiger partial charge >= 0.3 is 5.97 Å². The van der Waals surface area contributed by atoms with E-state index < -0.39 is 16.0 Å². The van der Waals surface area contributed by atoms with E-state index in [9.17, 15) is 13.2 Å². The molecule has 2 aliphatic rings. The molecule has 8 heteroatoms. The third-order valence-electron chi connectivity index (χ3n) is 5.25. The monoisotopic (exact) mass is 382 g/mol. The molecule has 0 radical (unpaired) electrons. The maximum Gasteiger partial charge on any atom is 0.317 e. The fourth-order valence-electron chi connectivity index (χ4n) is 3.92. The second-order valence-corrected chi connectivity index (χ2v) is 8.88. The summed E-state index contributed by atoms with van der Waals surface area (Å²) in [5.41, 5.74) is 0. The van der Waals surface area contributed by atoms with Crippen LogP contribution in [0.3, 0.4) is 0 Å². The standard InChI is InChI=1S/C16H30N2O4S.ClH/c1-2-17(12-16(19)20)15-8-10-18(11-9-15)23(21,22)13-14-6-4-3-5-7-14;/h14-15H,2-13H2,1H3,(H,19,20);1H. The van der Waals surface area contributed by atoms with E-state index in [1.807, 2.05) is 11.8 Å². The summed E-state index contributed by atoms with van der Waals surface area (Å²) in [6, 6.07) is 0.178. The molecule has 1 heterocycles. The van der Waals surface area contributed by atoms with Crippen LogP contribution in [0.2, 0.25) is 0 Å². The smallest absolute Gasteiger partial charge is 0.317 e. The zero-order valence-corrected chi connectivity index (χ0v) is 16.2. The fourth-order valence-corrected chi connectivity index (χ4v) is 5.82. The molecule has 0 aromatic carbocycles. The van der Waals surface area contributed by atoms with Gasteiger partial charge in [-0.15, -0.1) is 12.4 Å². The van der Waals surface area contributed by atoms with Crippen molar-refractivity contribution in [2.45, 2.75) is 57.9 Å². The van der Waals surface area contributed by atoms with Crippen LogP contribution in [0.25, 0.3) is 0 Å². The summed E-state index contributed by atoms with van der Waals surface area (Å²) in [4.78, 5) is 12.8. The minimum atomic E-state index is -3.16. The van der Waals surface area contributed by atoms with Crippen LogP contribution in [0.1, 0.15) is 51.9 Å². The molecular weight excluding hydrogens is 352 g/mol. The number of hydrogen-bond acceptors (Lipinski definition) is 4. The average Bonchev–Trinajstić information content (AvgIpc) is 2.53. The van der Waals surface area contributed by atoms with Crippen LogP contribution in [-0.2, 0) is 14.8 Å². The van der Waals surface area contributed by atoms with Crippen LogP contribution >= 0.6 is 12.4 Å². The number of hydrogen-bond donors (Lipinski definition) is 1. The van der Waals surface area contributed by atoms with Gasteiger partial charge in [-0.05, 0) is 38.1 Å². The molecule has 142 valence electrons. The van der Waals surface area contributed by atoms with Gasteiger partial charge in [-0.25, -0.2) is 12.7 Å². The van der Waals surface area contributed by atoms with Crippen LogP contribution < -0.4 is 0 Å². The lowest BCUT2D eigenvalue weighted by molar-refractivity contribution is -0.139. The SMILES string of the molecule is CCN(CC(=O)O)C1CCN(S(=O)(=O)CC2CCCCC2)CC1.Cl. The molecule has 0 aromatic rings. The zero-order chi connectivity index (χ0) is 16.9. The minimum Gasteiger partial charge on any atom is -0.480 e. The minimum absolute atomic E-state index is 0. The largest absolute Gasteiger partial charge is 0.480 e. The molecule has 0 bridgehead atoms. The summed E-state index contributed by atoms with van der Waals surface area (Å²) in [5, 5.41) is 8.96. The Balaban J connectivity index is 0.00000288. The van der Waals surface area contributed by atoms with Crippen LogP contribution in [0.4, 0.5) is 0 Å². The van der Waals surface area contributed by atoms with Crippen molar-refractivity contribution >= 4 is 28.4 Å². The van der Waals surface area contributed by atoms with Crippen molar-refractivity contribution in [3.8, 4) is 0 Å². The van der Waals surface area contributed by atoms with E-state index >= 15 is 0 Å². The van der Waals surface area contributed by atoms with Crippen molar-refractivity contribution in [2.24, 2.45) is 5.92 Å². The van der Waals surface area contributed by atoms with E-state index in [4.69, 9.17) is 5.11 Å². The van der Waals surface area contributed by atoms with Crippen LogP contribution in [-0.4, -0.2) is 66.7 Å². The number of carboxylic acids is 1. The Bertz CT molecular complexity index is 486. The Morgan fingerprint density at radius 2 is 1.71 bits per heavy atom. The molecule has 2 fully saturated rings. The first kappa shape index (κ1) is 21.7. The molecule has 1 N–H and O–H groups in total. The van der Waals surface area contributed by atoms with Gasteiger partial charge in [0.05, 0.1) is 12.3 Å². The summed E-state index contributed by atoms with van der Waals surface area (Å²) in [7, 11) is -3.16. The lowest BCUT2D eigenvalue weighted by Gasteiger charge is -2.37. The molecular formula is C16H31ClN2O4S. The molecule has 0 spiro atoms. The number of sulfonamides is 1. The Labute approximate surface area is 152 Å². The quantitative estimate of drug-likeness (QED) is 0.730. The zero-order valence-electron chi connectivity index (χ0n) is 14.5. The average molecular weight is 383 g/mol. The second kappa shape index (κ2) is 9.94. The lowest BCUT2D eigenvalue weighted by atomic mass is 9.91. The molecule has 1 aliphatic heterocycles. The van der Waals surface area contributed by atoms with E-state index in [2.05, 4.69) is 0 Å². The summed E-state index contributed by atoms with van der Waals surface area (Å²) in [6.45, 7) is 3.72. The Hall–Kier alpha value is -0.370. The van der Waals surface area contributed by atoms with E-state index in [-0.39, 0.29) is 25.0 Å². The third kappa shape index (κ3) is 6.17. The van der Waals surface area contributed by atoms with Crippen molar-refractivity contribution in [3.63, 3.8) is 0 Å². The van der Waals surface area contributed by atoms with Crippen molar-refractivity contribution in [1.82, 2.24) is 9.21 Å². The fraction of sp³-hybridized carbons (Fsp3) is 0.938. The van der Waals surface area contributed by atoms with Gasteiger partial charge in [-0.3, -0.25) is 9.69 Å². The summed E-state index contributed by atoms with van der Waals surface area (Å²) in [5.74, 6) is -0.200. The van der Waals surface area contributed by atoms with E-state index in [0.29, 0.717) is 31.3 Å². The molecule has 2 rings (SSSR count). The highest BCUT2D eigenvalue weighted by Crippen LogP contribution is 2.27. The lowest BCUT2D eigenvalue weighted by Crippen LogP contribution is -2.48. The number of piperidine rings is 1. The predicted octanol–water partition coefficient (Wildman–Crippen LogP) is 2.19. The van der Waals surface area contributed by atoms with Gasteiger partial charge < -0.3 is 5.11 Å². The second-order valence-electron chi connectivity index (χ2n) is 6.87. The highest BCUT2D eigenvalue weighted by atomic mass is 35.5. The third-order valence-corrected chi connectivity index (χ3v) is 7.29. The molecule has 24 heavy (non-hydrogen) atoms. The van der Waals surface area contributed by atoms with Gasteiger partial charge in [0.15, 0.2) is 0 Å². The summed E-state index contributed by atoms with van der Waals surface area (Å²) < 4.78 is 26.8. The normalized spacial score (nSPS) is 21.6. The van der Waals surface area contributed by atoms with Crippen molar-refractivity contribution in [2.75, 3.05) is 31.9 Å². The molecule has 1 saturated carbocycles. The summed E-state index contributed by atoms with van der Waals surface area (Å²) in [6.07, 6.45) is 7.08. The number of carboxylic acid groups (broad SMARTS) is 1. The summed E-state index contributed by atoms with van der Waals surface area (Å²) >= 11 is 0. The number of aliphatic carboxylic acids is 1. The van der Waals surface area contributed by atoms with E-state index in [0.717, 1.165) is 38.5 Å². The maximum absolute atomic E-state index is 12.6. The highest BCUT2D eigenvalue weighted by molar-refractivity contribution is 7.89. The first-order valence-corrected chi connectivity index (χ1v) is 10.5. The van der Waals surface area contributed by atoms with Gasteiger partial charge in [0, 0.05) is 19.1 Å². The Morgan fingerprint density at radius 1 is 1.12 bits per heavy atom. The number of rotatable bonds is 7. The van der Waals surface area contributed by atoms with Crippen molar-refractivity contribution in [1.29, 1.82) is 0 Å². The molecule has 0 atom stereocenters. The Morgan fingerprint density at radius 3 is 2.21 bits per heavy atom. The number of carbonyl (C=O) groups is 1. The van der Waals surface area contributed by atoms with Crippen molar-refractivity contribution in [3.05, 3.63) is 0 Å². The molecule has 6 nitrogen and oxygen atoms in total. The number of nitrogens with zero attached hydrogens (tertiary/aromatic N) is 2. The van der Waals surface area contributed by atoms with Gasteiger partial charge in [0.1, 0.15) is 0 Å². The van der Waals surface area contributed by atoms with Gasteiger partial charge in [-0.1, -0.05) is 26.2 Å². The number of halogens is 1. The van der Waals surface area contributed by atoms with Gasteiger partial charge in [0.25, 0.3) is 0 Å². The molecule has 0 aromatic heterocycles. The van der Waals surface area contributed by atoms with Crippen molar-refractivity contribution < 1.29 is 18.3 Å². The van der Waals surface area contributed by atoms with E-state index in [1.54, 1.807) is 4.31 Å². The van der Waals surface area contributed by atoms with E-state index in [1.165, 1.54) is 6.42 Å². The maximum atomic E-state index is 12.6. The number of likely N-dealkylation sites (N-methyl/N-ethyl adjacent to an activating group) is 1. The highest BCUT2D eigenvalue weighted by Gasteiger charge is 2.32. The molecule has 1 aliphatic carbocycles. The van der Waals surface area contributed by atoms with Crippen LogP contribution in [0.15, 0.2) is 0 Å². The van der Waals surface area contributed by atoms with Gasteiger partial charge in [-0.2, -0.15) is 0 Å². The first-order chi connectivity index (χ1) is 10.9. The van der Waals surface area contributed by atoms with Crippen LogP contribution in [0, 0.1) is 5.92 Å². The topological polar surface area (TPSA) is 77.9 Å². The predicted molar refractivity (Wildman–Crippen MR) is 97.1 cm³/mol. The molecule has 0 unspecified atom stereocenters. The first-order valence-electron chi connectivity index (χ1n) is 8.86. The molecule has 0 amide bonds. The van der Waals surface area contributed by atoms with Crippen LogP contribution in [0.5, 0.6) is 0 Å². The Kier molecular flexibility index (Phi) is 8.98. The molecule has 1 saturated heterocycles.